The van der Waals surface area contributed by atoms with E-state index in [2.05, 4.69) is 21.9 Å². The first-order chi connectivity index (χ1) is 9.59. The molecule has 0 aliphatic carbocycles. The summed E-state index contributed by atoms with van der Waals surface area (Å²) in [5.41, 5.74) is 0. The van der Waals surface area contributed by atoms with Gasteiger partial charge in [0, 0.05) is 12.6 Å². The van der Waals surface area contributed by atoms with Crippen molar-refractivity contribution in [1.29, 1.82) is 0 Å². The normalized spacial score (nSPS) is 26.8. The Kier molecular flexibility index (Phi) is 6.26. The van der Waals surface area contributed by atoms with Gasteiger partial charge >= 0.3 is 0 Å². The van der Waals surface area contributed by atoms with Crippen molar-refractivity contribution in [3.8, 4) is 0 Å². The van der Waals surface area contributed by atoms with Crippen LogP contribution in [-0.2, 0) is 10.0 Å². The molecule has 0 aromatic carbocycles. The summed E-state index contributed by atoms with van der Waals surface area (Å²) in [6.07, 6.45) is 6.28. The van der Waals surface area contributed by atoms with Crippen LogP contribution >= 0.6 is 0 Å². The second kappa shape index (κ2) is 7.73. The Morgan fingerprint density at radius 2 is 1.95 bits per heavy atom. The van der Waals surface area contributed by atoms with Crippen molar-refractivity contribution in [3.05, 3.63) is 0 Å². The molecule has 2 aliphatic rings. The van der Waals surface area contributed by atoms with Gasteiger partial charge in [0.2, 0.25) is 10.0 Å². The lowest BCUT2D eigenvalue weighted by Gasteiger charge is -2.33. The van der Waals surface area contributed by atoms with Crippen LogP contribution in [0.25, 0.3) is 0 Å². The second-order valence-corrected chi connectivity index (χ2v) is 8.17. The molecule has 2 saturated heterocycles. The number of likely N-dealkylation sites (tertiary alicyclic amines) is 1. The van der Waals surface area contributed by atoms with E-state index in [1.54, 1.807) is 0 Å². The summed E-state index contributed by atoms with van der Waals surface area (Å²) in [6.45, 7) is 6.67. The smallest absolute Gasteiger partial charge is 0.214 e. The van der Waals surface area contributed by atoms with Crippen molar-refractivity contribution in [3.63, 3.8) is 0 Å². The summed E-state index contributed by atoms with van der Waals surface area (Å²) >= 11 is 0. The number of hydrogen-bond donors (Lipinski definition) is 2. The minimum absolute atomic E-state index is 0.197. The molecular weight excluding hydrogens is 274 g/mol. The maximum atomic E-state index is 12.1. The molecule has 0 amide bonds. The summed E-state index contributed by atoms with van der Waals surface area (Å²) < 4.78 is 27.1. The van der Waals surface area contributed by atoms with Crippen LogP contribution in [0.3, 0.4) is 0 Å². The van der Waals surface area contributed by atoms with Gasteiger partial charge in [-0.2, -0.15) is 0 Å². The van der Waals surface area contributed by atoms with Gasteiger partial charge in [-0.05, 0) is 65.2 Å². The molecule has 20 heavy (non-hydrogen) atoms. The Morgan fingerprint density at radius 3 is 2.65 bits per heavy atom. The fourth-order valence-electron chi connectivity index (χ4n) is 3.21. The lowest BCUT2D eigenvalue weighted by Crippen LogP contribution is -2.43. The van der Waals surface area contributed by atoms with Crippen LogP contribution in [0, 0.1) is 0 Å². The fraction of sp³-hybridized carbons (Fsp3) is 1.00. The highest BCUT2D eigenvalue weighted by Crippen LogP contribution is 2.16. The summed E-state index contributed by atoms with van der Waals surface area (Å²) in [6, 6.07) is 0.657. The third-order valence-corrected chi connectivity index (χ3v) is 6.55. The van der Waals surface area contributed by atoms with Gasteiger partial charge in [-0.15, -0.1) is 0 Å². The SMILES string of the molecule is CC1CCCCN1CCCNS(=O)(=O)C1CCNCC1. The first-order valence-corrected chi connectivity index (χ1v) is 9.57. The second-order valence-electron chi connectivity index (χ2n) is 6.12. The van der Waals surface area contributed by atoms with Crippen LogP contribution < -0.4 is 10.0 Å². The highest BCUT2D eigenvalue weighted by molar-refractivity contribution is 7.90. The molecule has 6 heteroatoms. The van der Waals surface area contributed by atoms with Crippen molar-refractivity contribution < 1.29 is 8.42 Å². The van der Waals surface area contributed by atoms with E-state index in [0.29, 0.717) is 12.6 Å². The average Bonchev–Trinajstić information content (AvgIpc) is 2.46. The van der Waals surface area contributed by atoms with Gasteiger partial charge in [0.25, 0.3) is 0 Å². The van der Waals surface area contributed by atoms with E-state index in [1.165, 1.54) is 25.8 Å². The van der Waals surface area contributed by atoms with Crippen LogP contribution in [0.4, 0.5) is 0 Å². The summed E-state index contributed by atoms with van der Waals surface area (Å²) in [7, 11) is -3.11. The van der Waals surface area contributed by atoms with Gasteiger partial charge in [0.05, 0.1) is 5.25 Å². The van der Waals surface area contributed by atoms with E-state index in [-0.39, 0.29) is 5.25 Å². The largest absolute Gasteiger partial charge is 0.317 e. The van der Waals surface area contributed by atoms with E-state index in [1.807, 2.05) is 0 Å². The summed E-state index contributed by atoms with van der Waals surface area (Å²) in [5, 5.41) is 3.01. The average molecular weight is 303 g/mol. The summed E-state index contributed by atoms with van der Waals surface area (Å²) in [5.74, 6) is 0. The molecule has 2 rings (SSSR count). The number of rotatable bonds is 6. The molecule has 1 unspecified atom stereocenters. The van der Waals surface area contributed by atoms with E-state index < -0.39 is 10.0 Å². The minimum atomic E-state index is -3.11. The van der Waals surface area contributed by atoms with Crippen LogP contribution in [0.2, 0.25) is 0 Å². The maximum Gasteiger partial charge on any atom is 0.214 e. The molecule has 0 spiro atoms. The quantitative estimate of drug-likeness (QED) is 0.717. The molecule has 118 valence electrons. The molecule has 0 aromatic heterocycles. The van der Waals surface area contributed by atoms with Crippen molar-refractivity contribution in [1.82, 2.24) is 14.9 Å². The number of sulfonamides is 1. The van der Waals surface area contributed by atoms with Crippen molar-refractivity contribution >= 4 is 10.0 Å². The van der Waals surface area contributed by atoms with Gasteiger partial charge in [0.1, 0.15) is 0 Å². The zero-order chi connectivity index (χ0) is 14.4. The molecule has 1 atom stereocenters. The van der Waals surface area contributed by atoms with E-state index in [9.17, 15) is 8.42 Å². The first kappa shape index (κ1) is 16.2. The van der Waals surface area contributed by atoms with E-state index in [4.69, 9.17) is 0 Å². The van der Waals surface area contributed by atoms with Gasteiger partial charge < -0.3 is 10.2 Å². The van der Waals surface area contributed by atoms with Crippen LogP contribution in [0.15, 0.2) is 0 Å². The van der Waals surface area contributed by atoms with Crippen LogP contribution in [0.1, 0.15) is 45.4 Å². The molecule has 2 aliphatic heterocycles. The van der Waals surface area contributed by atoms with Gasteiger partial charge in [-0.3, -0.25) is 0 Å². The predicted octanol–water partition coefficient (Wildman–Crippen LogP) is 0.922. The van der Waals surface area contributed by atoms with Gasteiger partial charge in [0.15, 0.2) is 0 Å². The Labute approximate surface area is 123 Å². The van der Waals surface area contributed by atoms with E-state index in [0.717, 1.165) is 38.9 Å². The van der Waals surface area contributed by atoms with Gasteiger partial charge in [-0.25, -0.2) is 13.1 Å². The first-order valence-electron chi connectivity index (χ1n) is 8.03. The zero-order valence-corrected chi connectivity index (χ0v) is 13.4. The molecule has 0 saturated carbocycles. The number of hydrogen-bond acceptors (Lipinski definition) is 4. The topological polar surface area (TPSA) is 61.4 Å². The Hall–Kier alpha value is -0.170. The predicted molar refractivity (Wildman–Crippen MR) is 82.3 cm³/mol. The van der Waals surface area contributed by atoms with E-state index >= 15 is 0 Å². The third-order valence-electron chi connectivity index (χ3n) is 4.59. The Morgan fingerprint density at radius 1 is 1.20 bits per heavy atom. The Bertz CT molecular complexity index is 380. The third kappa shape index (κ3) is 4.69. The summed E-state index contributed by atoms with van der Waals surface area (Å²) in [4.78, 5) is 2.49. The number of nitrogens with one attached hydrogen (secondary N) is 2. The molecule has 5 nitrogen and oxygen atoms in total. The number of piperidine rings is 2. The molecule has 0 bridgehead atoms. The monoisotopic (exact) mass is 303 g/mol. The molecule has 0 aromatic rings. The van der Waals surface area contributed by atoms with Crippen molar-refractivity contribution in [2.24, 2.45) is 0 Å². The molecule has 0 radical (unpaired) electrons. The Balaban J connectivity index is 1.66. The molecular formula is C14H29N3O2S. The minimum Gasteiger partial charge on any atom is -0.317 e. The van der Waals surface area contributed by atoms with Crippen LogP contribution in [-0.4, -0.2) is 57.3 Å². The molecule has 2 N–H and O–H groups in total. The fourth-order valence-corrected chi connectivity index (χ4v) is 4.73. The highest BCUT2D eigenvalue weighted by Gasteiger charge is 2.26. The molecule has 2 heterocycles. The van der Waals surface area contributed by atoms with Crippen LogP contribution in [0.5, 0.6) is 0 Å². The van der Waals surface area contributed by atoms with Crippen molar-refractivity contribution in [2.75, 3.05) is 32.7 Å². The highest BCUT2D eigenvalue weighted by atomic mass is 32.2. The molecule has 2 fully saturated rings. The standard InChI is InChI=1S/C14H29N3O2S/c1-13-5-2-3-11-17(13)12-4-8-16-20(18,19)14-6-9-15-10-7-14/h13-16H,2-12H2,1H3. The lowest BCUT2D eigenvalue weighted by molar-refractivity contribution is 0.159. The maximum absolute atomic E-state index is 12.1. The lowest BCUT2D eigenvalue weighted by atomic mass is 10.0. The van der Waals surface area contributed by atoms with Gasteiger partial charge in [-0.1, -0.05) is 6.42 Å². The number of nitrogens with zero attached hydrogens (tertiary/aromatic N) is 1. The van der Waals surface area contributed by atoms with Crippen molar-refractivity contribution in [2.45, 2.75) is 56.7 Å². The zero-order valence-electron chi connectivity index (χ0n) is 12.6.